The van der Waals surface area contributed by atoms with Crippen LogP contribution >= 0.6 is 22.9 Å². The molecular formula is C17H13ClN2O4S. The Morgan fingerprint density at radius 2 is 1.96 bits per heavy atom. The number of Topliss-reactive ketones (excluding diaryl/α,β-unsaturated/α-hetero) is 1. The number of para-hydroxylation sites is 1. The van der Waals surface area contributed by atoms with E-state index in [-0.39, 0.29) is 17.2 Å². The van der Waals surface area contributed by atoms with Gasteiger partial charge in [-0.3, -0.25) is 4.79 Å². The molecule has 8 heteroatoms. The minimum atomic E-state index is -0.734. The highest BCUT2D eigenvalue weighted by atomic mass is 35.5. The van der Waals surface area contributed by atoms with Crippen LogP contribution in [0.4, 0.5) is 0 Å². The van der Waals surface area contributed by atoms with Crippen molar-refractivity contribution >= 4 is 34.7 Å². The van der Waals surface area contributed by atoms with Gasteiger partial charge in [-0.15, -0.1) is 11.3 Å². The zero-order valence-corrected chi connectivity index (χ0v) is 14.7. The van der Waals surface area contributed by atoms with E-state index in [9.17, 15) is 9.59 Å². The van der Waals surface area contributed by atoms with Crippen LogP contribution in [0, 0.1) is 0 Å². The molecule has 0 aliphatic heterocycles. The summed E-state index contributed by atoms with van der Waals surface area (Å²) < 4.78 is 12.3. The van der Waals surface area contributed by atoms with E-state index >= 15 is 0 Å². The van der Waals surface area contributed by atoms with Crippen LogP contribution in [0.1, 0.15) is 20.2 Å². The number of halogens is 1. The first-order chi connectivity index (χ1) is 12.1. The number of hydrogen-bond acceptors (Lipinski definition) is 6. The Balaban J connectivity index is 1.73. The molecule has 0 atom stereocenters. The van der Waals surface area contributed by atoms with Crippen LogP contribution in [0.2, 0.25) is 4.34 Å². The minimum absolute atomic E-state index is 0.00312. The molecule has 0 aliphatic carbocycles. The van der Waals surface area contributed by atoms with Crippen LogP contribution in [-0.4, -0.2) is 35.2 Å². The van der Waals surface area contributed by atoms with Crippen molar-refractivity contribution in [3.8, 4) is 11.4 Å². The maximum atomic E-state index is 12.3. The Morgan fingerprint density at radius 1 is 1.20 bits per heavy atom. The van der Waals surface area contributed by atoms with E-state index in [0.717, 1.165) is 17.0 Å². The molecule has 1 aromatic carbocycles. The lowest BCUT2D eigenvalue weighted by Crippen LogP contribution is -2.14. The Labute approximate surface area is 152 Å². The first kappa shape index (κ1) is 17.2. The van der Waals surface area contributed by atoms with Gasteiger partial charge in [0, 0.05) is 0 Å². The summed E-state index contributed by atoms with van der Waals surface area (Å²) in [6.07, 6.45) is 1.58. The number of esters is 1. The molecule has 0 unspecified atom stereocenters. The topological polar surface area (TPSA) is 70.4 Å². The Kier molecular flexibility index (Phi) is 5.16. The van der Waals surface area contributed by atoms with Crippen molar-refractivity contribution < 1.29 is 19.1 Å². The van der Waals surface area contributed by atoms with Gasteiger partial charge in [0.05, 0.1) is 28.2 Å². The van der Waals surface area contributed by atoms with Gasteiger partial charge in [0.2, 0.25) is 11.5 Å². The van der Waals surface area contributed by atoms with Gasteiger partial charge in [-0.25, -0.2) is 9.48 Å². The zero-order chi connectivity index (χ0) is 17.8. The van der Waals surface area contributed by atoms with E-state index in [0.29, 0.717) is 9.21 Å². The first-order valence-corrected chi connectivity index (χ1v) is 8.42. The molecule has 2 aromatic heterocycles. The summed E-state index contributed by atoms with van der Waals surface area (Å²) in [7, 11) is 1.43. The molecule has 0 N–H and O–H groups in total. The molecule has 25 heavy (non-hydrogen) atoms. The highest BCUT2D eigenvalue weighted by molar-refractivity contribution is 7.18. The molecule has 0 fully saturated rings. The molecule has 6 nitrogen and oxygen atoms in total. The SMILES string of the molecule is COc1cn(-c2ccccc2)nc1C(=O)OCC(=O)c1ccc(Cl)s1. The standard InChI is InChI=1S/C17H13ClN2O4S/c1-23-13-9-20(11-5-3-2-4-6-11)19-16(13)17(22)24-10-12(21)14-7-8-15(18)25-14/h2-9H,10H2,1H3. The second-order valence-electron chi connectivity index (χ2n) is 4.93. The van der Waals surface area contributed by atoms with Crippen LogP contribution < -0.4 is 4.74 Å². The van der Waals surface area contributed by atoms with E-state index < -0.39 is 12.6 Å². The van der Waals surface area contributed by atoms with Gasteiger partial charge < -0.3 is 9.47 Å². The van der Waals surface area contributed by atoms with Gasteiger partial charge >= 0.3 is 5.97 Å². The lowest BCUT2D eigenvalue weighted by atomic mass is 10.3. The second kappa shape index (κ2) is 7.50. The highest BCUT2D eigenvalue weighted by Crippen LogP contribution is 2.23. The summed E-state index contributed by atoms with van der Waals surface area (Å²) in [6, 6.07) is 12.5. The number of ketones is 1. The lowest BCUT2D eigenvalue weighted by molar-refractivity contribution is 0.0466. The summed E-state index contributed by atoms with van der Waals surface area (Å²) in [5, 5.41) is 4.19. The molecule has 2 heterocycles. The third-order valence-corrected chi connectivity index (χ3v) is 4.57. The largest absolute Gasteiger partial charge is 0.493 e. The van der Waals surface area contributed by atoms with E-state index in [1.165, 1.54) is 11.8 Å². The van der Waals surface area contributed by atoms with E-state index in [2.05, 4.69) is 5.10 Å². The predicted molar refractivity (Wildman–Crippen MR) is 94.1 cm³/mol. The van der Waals surface area contributed by atoms with Gasteiger partial charge in [-0.1, -0.05) is 29.8 Å². The number of carbonyl (C=O) groups excluding carboxylic acids is 2. The van der Waals surface area contributed by atoms with Gasteiger partial charge in [0.15, 0.2) is 12.4 Å². The average Bonchev–Trinajstić information content (AvgIpc) is 3.26. The maximum Gasteiger partial charge on any atom is 0.363 e. The minimum Gasteiger partial charge on any atom is -0.493 e. The molecule has 0 spiro atoms. The number of rotatable bonds is 6. The number of ether oxygens (including phenoxy) is 2. The molecule has 0 radical (unpaired) electrons. The summed E-state index contributed by atoms with van der Waals surface area (Å²) >= 11 is 6.93. The fraction of sp³-hybridized carbons (Fsp3) is 0.118. The van der Waals surface area contributed by atoms with E-state index in [1.807, 2.05) is 30.3 Å². The Morgan fingerprint density at radius 3 is 2.60 bits per heavy atom. The number of hydrogen-bond donors (Lipinski definition) is 0. The third-order valence-electron chi connectivity index (χ3n) is 3.30. The molecule has 3 aromatic rings. The zero-order valence-electron chi connectivity index (χ0n) is 13.1. The fourth-order valence-electron chi connectivity index (χ4n) is 2.10. The molecular weight excluding hydrogens is 364 g/mol. The van der Waals surface area contributed by atoms with Crippen LogP contribution in [0.5, 0.6) is 5.75 Å². The van der Waals surface area contributed by atoms with Crippen LogP contribution in [-0.2, 0) is 4.74 Å². The summed E-state index contributed by atoms with van der Waals surface area (Å²) in [6.45, 7) is -0.392. The number of nitrogens with zero attached hydrogens (tertiary/aromatic N) is 2. The molecule has 128 valence electrons. The quantitative estimate of drug-likeness (QED) is 0.485. The summed E-state index contributed by atoms with van der Waals surface area (Å²) in [5.74, 6) is -0.797. The number of aromatic nitrogens is 2. The maximum absolute atomic E-state index is 12.3. The lowest BCUT2D eigenvalue weighted by Gasteiger charge is -2.02. The molecule has 0 bridgehead atoms. The normalized spacial score (nSPS) is 10.5. The molecule has 0 saturated carbocycles. The fourth-order valence-corrected chi connectivity index (χ4v) is 3.06. The van der Waals surface area contributed by atoms with Crippen molar-refractivity contribution in [1.29, 1.82) is 0 Å². The predicted octanol–water partition coefficient (Wildman–Crippen LogP) is 3.64. The average molecular weight is 377 g/mol. The van der Waals surface area contributed by atoms with Gasteiger partial charge in [0.1, 0.15) is 0 Å². The monoisotopic (exact) mass is 376 g/mol. The van der Waals surface area contributed by atoms with Gasteiger partial charge in [0.25, 0.3) is 0 Å². The van der Waals surface area contributed by atoms with Crippen molar-refractivity contribution in [3.05, 3.63) is 63.6 Å². The van der Waals surface area contributed by atoms with Crippen molar-refractivity contribution in [2.24, 2.45) is 0 Å². The number of thiophene rings is 1. The number of benzene rings is 1. The van der Waals surface area contributed by atoms with Crippen molar-refractivity contribution in [2.45, 2.75) is 0 Å². The van der Waals surface area contributed by atoms with Crippen LogP contribution in [0.15, 0.2) is 48.7 Å². The smallest absolute Gasteiger partial charge is 0.363 e. The van der Waals surface area contributed by atoms with Crippen LogP contribution in [0.25, 0.3) is 5.69 Å². The number of methoxy groups -OCH3 is 1. The van der Waals surface area contributed by atoms with E-state index in [1.54, 1.807) is 18.3 Å². The Bertz CT molecular complexity index is 905. The van der Waals surface area contributed by atoms with E-state index in [4.69, 9.17) is 21.1 Å². The number of carbonyl (C=O) groups is 2. The molecule has 0 amide bonds. The first-order valence-electron chi connectivity index (χ1n) is 7.23. The van der Waals surface area contributed by atoms with Crippen molar-refractivity contribution in [2.75, 3.05) is 13.7 Å². The van der Waals surface area contributed by atoms with Gasteiger partial charge in [-0.05, 0) is 24.3 Å². The van der Waals surface area contributed by atoms with Gasteiger partial charge in [-0.2, -0.15) is 5.10 Å². The molecule has 0 saturated heterocycles. The highest BCUT2D eigenvalue weighted by Gasteiger charge is 2.21. The van der Waals surface area contributed by atoms with Crippen molar-refractivity contribution in [1.82, 2.24) is 9.78 Å². The van der Waals surface area contributed by atoms with Crippen molar-refractivity contribution in [3.63, 3.8) is 0 Å². The third kappa shape index (κ3) is 3.89. The van der Waals surface area contributed by atoms with Crippen LogP contribution in [0.3, 0.4) is 0 Å². The molecule has 0 aliphatic rings. The summed E-state index contributed by atoms with van der Waals surface area (Å²) in [5.41, 5.74) is 0.771. The second-order valence-corrected chi connectivity index (χ2v) is 6.64. The summed E-state index contributed by atoms with van der Waals surface area (Å²) in [4.78, 5) is 24.7. The Hall–Kier alpha value is -2.64. The molecule has 3 rings (SSSR count).